The average molecular weight is 148 g/mol. The highest BCUT2D eigenvalue weighted by Gasteiger charge is 1.86. The van der Waals surface area contributed by atoms with Gasteiger partial charge < -0.3 is 0 Å². The van der Waals surface area contributed by atoms with Gasteiger partial charge in [-0.2, -0.15) is 0 Å². The Kier molecular flexibility index (Phi) is 2.78. The number of nitrogens with zero attached hydrogens (tertiary/aromatic N) is 2. The third-order valence-electron chi connectivity index (χ3n) is 1.15. The summed E-state index contributed by atoms with van der Waals surface area (Å²) in [6.07, 6.45) is 3.63. The Hall–Kier alpha value is -1.18. The average Bonchev–Trinajstić information content (AvgIpc) is 2.03. The lowest BCUT2D eigenvalue weighted by Gasteiger charge is -1.92. The maximum atomic E-state index is 4.17. The molecular weight excluding hydrogens is 136 g/mol. The van der Waals surface area contributed by atoms with Crippen LogP contribution in [0.3, 0.4) is 0 Å². The molecule has 0 saturated heterocycles. The molecule has 1 heterocycles. The van der Waals surface area contributed by atoms with Crippen molar-refractivity contribution >= 4 is 12.0 Å². The second-order valence-electron chi connectivity index (χ2n) is 2.71. The minimum atomic E-state index is 0.483. The molecule has 1 rings (SSSR count). The third-order valence-corrected chi connectivity index (χ3v) is 1.15. The second kappa shape index (κ2) is 3.86. The number of pyridine rings is 1. The zero-order valence-electron chi connectivity index (χ0n) is 6.86. The summed E-state index contributed by atoms with van der Waals surface area (Å²) in [5.74, 6) is 1.26. The van der Waals surface area contributed by atoms with Crippen LogP contribution >= 0.6 is 0 Å². The molecular formula is C9H12N2. The maximum Gasteiger partial charge on any atom is 0.151 e. The molecule has 2 nitrogen and oxygen atoms in total. The van der Waals surface area contributed by atoms with Crippen LogP contribution in [0.5, 0.6) is 0 Å². The van der Waals surface area contributed by atoms with Crippen LogP contribution in [0.4, 0.5) is 5.82 Å². The quantitative estimate of drug-likeness (QED) is 0.591. The van der Waals surface area contributed by atoms with Gasteiger partial charge in [0.2, 0.25) is 0 Å². The maximum absolute atomic E-state index is 4.17. The normalized spacial score (nSPS) is 11.2. The van der Waals surface area contributed by atoms with E-state index in [9.17, 15) is 0 Å². The van der Waals surface area contributed by atoms with Gasteiger partial charge in [-0.3, -0.25) is 0 Å². The van der Waals surface area contributed by atoms with Crippen molar-refractivity contribution in [2.75, 3.05) is 0 Å². The van der Waals surface area contributed by atoms with Gasteiger partial charge >= 0.3 is 0 Å². The highest BCUT2D eigenvalue weighted by atomic mass is 14.9. The SMILES string of the molecule is CC(C)/C=N/c1ccccn1. The predicted octanol–water partition coefficient (Wildman–Crippen LogP) is 2.44. The van der Waals surface area contributed by atoms with Crippen LogP contribution in [-0.2, 0) is 0 Å². The summed E-state index contributed by atoms with van der Waals surface area (Å²) < 4.78 is 0. The fraction of sp³-hybridized carbons (Fsp3) is 0.333. The summed E-state index contributed by atoms with van der Waals surface area (Å²) >= 11 is 0. The summed E-state index contributed by atoms with van der Waals surface area (Å²) in [5.41, 5.74) is 0. The van der Waals surface area contributed by atoms with E-state index in [2.05, 4.69) is 23.8 Å². The molecule has 0 aliphatic rings. The number of hydrogen-bond donors (Lipinski definition) is 0. The molecule has 1 aromatic rings. The van der Waals surface area contributed by atoms with E-state index in [1.54, 1.807) is 6.20 Å². The zero-order valence-corrected chi connectivity index (χ0v) is 6.86. The number of rotatable bonds is 2. The van der Waals surface area contributed by atoms with Gasteiger partial charge in [-0.1, -0.05) is 19.9 Å². The summed E-state index contributed by atoms with van der Waals surface area (Å²) in [4.78, 5) is 8.22. The van der Waals surface area contributed by atoms with E-state index in [0.29, 0.717) is 5.92 Å². The van der Waals surface area contributed by atoms with Crippen molar-refractivity contribution in [1.29, 1.82) is 0 Å². The van der Waals surface area contributed by atoms with Crippen LogP contribution in [0.25, 0.3) is 0 Å². The summed E-state index contributed by atoms with van der Waals surface area (Å²) in [5, 5.41) is 0. The molecule has 0 aliphatic carbocycles. The van der Waals surface area contributed by atoms with Crippen molar-refractivity contribution in [3.8, 4) is 0 Å². The first-order chi connectivity index (χ1) is 5.29. The topological polar surface area (TPSA) is 25.2 Å². The van der Waals surface area contributed by atoms with Crippen molar-refractivity contribution in [1.82, 2.24) is 4.98 Å². The zero-order chi connectivity index (χ0) is 8.10. The van der Waals surface area contributed by atoms with E-state index in [4.69, 9.17) is 0 Å². The Balaban J connectivity index is 2.65. The molecule has 0 saturated carbocycles. The molecule has 0 unspecified atom stereocenters. The van der Waals surface area contributed by atoms with Crippen molar-refractivity contribution in [2.45, 2.75) is 13.8 Å². The lowest BCUT2D eigenvalue weighted by Crippen LogP contribution is -1.85. The second-order valence-corrected chi connectivity index (χ2v) is 2.71. The molecule has 0 aromatic carbocycles. The van der Waals surface area contributed by atoms with Crippen molar-refractivity contribution in [3.63, 3.8) is 0 Å². The first-order valence-electron chi connectivity index (χ1n) is 3.74. The molecule has 0 bridgehead atoms. The smallest absolute Gasteiger partial charge is 0.151 e. The lowest BCUT2D eigenvalue weighted by molar-refractivity contribution is 0.906. The largest absolute Gasteiger partial charge is 0.241 e. The summed E-state index contributed by atoms with van der Waals surface area (Å²) in [6.45, 7) is 4.18. The molecule has 0 radical (unpaired) electrons. The van der Waals surface area contributed by atoms with Gasteiger partial charge in [0.25, 0.3) is 0 Å². The molecule has 0 spiro atoms. The number of hydrogen-bond acceptors (Lipinski definition) is 2. The minimum Gasteiger partial charge on any atom is -0.241 e. The summed E-state index contributed by atoms with van der Waals surface area (Å²) in [7, 11) is 0. The van der Waals surface area contributed by atoms with Crippen molar-refractivity contribution < 1.29 is 0 Å². The third kappa shape index (κ3) is 2.94. The van der Waals surface area contributed by atoms with E-state index < -0.39 is 0 Å². The fourth-order valence-electron chi connectivity index (χ4n) is 0.656. The molecule has 1 aromatic heterocycles. The van der Waals surface area contributed by atoms with E-state index in [-0.39, 0.29) is 0 Å². The van der Waals surface area contributed by atoms with Gasteiger partial charge in [0.1, 0.15) is 0 Å². The van der Waals surface area contributed by atoms with E-state index in [1.165, 1.54) is 0 Å². The molecule has 0 atom stereocenters. The number of aliphatic imine (C=N–C) groups is 1. The monoisotopic (exact) mass is 148 g/mol. The van der Waals surface area contributed by atoms with E-state index in [0.717, 1.165) is 5.82 Å². The lowest BCUT2D eigenvalue weighted by atomic mass is 10.2. The molecule has 0 amide bonds. The minimum absolute atomic E-state index is 0.483. The molecule has 2 heteroatoms. The Labute approximate surface area is 67.0 Å². The molecule has 0 fully saturated rings. The van der Waals surface area contributed by atoms with E-state index in [1.807, 2.05) is 24.4 Å². The van der Waals surface area contributed by atoms with Gasteiger partial charge in [0.15, 0.2) is 5.82 Å². The van der Waals surface area contributed by atoms with Gasteiger partial charge in [-0.05, 0) is 18.1 Å². The van der Waals surface area contributed by atoms with Crippen LogP contribution in [0.15, 0.2) is 29.4 Å². The van der Waals surface area contributed by atoms with Gasteiger partial charge in [0, 0.05) is 12.4 Å². The van der Waals surface area contributed by atoms with Crippen molar-refractivity contribution in [3.05, 3.63) is 24.4 Å². The molecule has 0 aliphatic heterocycles. The number of aromatic nitrogens is 1. The van der Waals surface area contributed by atoms with Crippen LogP contribution < -0.4 is 0 Å². The highest BCUT2D eigenvalue weighted by Crippen LogP contribution is 2.04. The van der Waals surface area contributed by atoms with Crippen LogP contribution in [-0.4, -0.2) is 11.2 Å². The van der Waals surface area contributed by atoms with Crippen LogP contribution in [0.2, 0.25) is 0 Å². The standard InChI is InChI=1S/C9H12N2/c1-8(2)7-11-9-5-3-4-6-10-9/h3-8H,1-2H3/b11-7+. The highest BCUT2D eigenvalue weighted by molar-refractivity contribution is 5.63. The Morgan fingerprint density at radius 1 is 1.45 bits per heavy atom. The van der Waals surface area contributed by atoms with Gasteiger partial charge in [-0.15, -0.1) is 0 Å². The fourth-order valence-corrected chi connectivity index (χ4v) is 0.656. The van der Waals surface area contributed by atoms with Gasteiger partial charge in [-0.25, -0.2) is 9.98 Å². The first-order valence-corrected chi connectivity index (χ1v) is 3.74. The predicted molar refractivity (Wildman–Crippen MR) is 47.2 cm³/mol. The van der Waals surface area contributed by atoms with Crippen LogP contribution in [0, 0.1) is 5.92 Å². The van der Waals surface area contributed by atoms with Crippen molar-refractivity contribution in [2.24, 2.45) is 10.9 Å². The Bertz CT molecular complexity index is 227. The molecule has 11 heavy (non-hydrogen) atoms. The van der Waals surface area contributed by atoms with E-state index >= 15 is 0 Å². The Morgan fingerprint density at radius 3 is 2.82 bits per heavy atom. The van der Waals surface area contributed by atoms with Crippen LogP contribution in [0.1, 0.15) is 13.8 Å². The van der Waals surface area contributed by atoms with Gasteiger partial charge in [0.05, 0.1) is 0 Å². The molecule has 58 valence electrons. The molecule has 0 N–H and O–H groups in total. The summed E-state index contributed by atoms with van der Waals surface area (Å²) in [6, 6.07) is 5.70. The Morgan fingerprint density at radius 2 is 2.27 bits per heavy atom. The first kappa shape index (κ1) is 7.92.